The standard InChI is InChI=1S/C11H16N2/c1-8(12)9-4-2-6-11-10(9)5-3-7-13-11/h2,4,6,8,13H,3,5,7,12H2,1H3/t8-/m0/s1. The predicted molar refractivity (Wildman–Crippen MR) is 55.9 cm³/mol. The molecule has 0 aliphatic carbocycles. The first-order chi connectivity index (χ1) is 6.29. The summed E-state index contributed by atoms with van der Waals surface area (Å²) in [5, 5.41) is 3.40. The molecule has 0 aromatic heterocycles. The third kappa shape index (κ3) is 1.54. The van der Waals surface area contributed by atoms with Gasteiger partial charge >= 0.3 is 0 Å². The Kier molecular flexibility index (Phi) is 2.23. The van der Waals surface area contributed by atoms with Crippen LogP contribution in [0.15, 0.2) is 18.2 Å². The van der Waals surface area contributed by atoms with Crippen LogP contribution in [-0.2, 0) is 6.42 Å². The highest BCUT2D eigenvalue weighted by Crippen LogP contribution is 2.27. The number of benzene rings is 1. The van der Waals surface area contributed by atoms with E-state index >= 15 is 0 Å². The van der Waals surface area contributed by atoms with Crippen LogP contribution in [-0.4, -0.2) is 6.54 Å². The topological polar surface area (TPSA) is 38.0 Å². The van der Waals surface area contributed by atoms with Crippen LogP contribution in [0.25, 0.3) is 0 Å². The summed E-state index contributed by atoms with van der Waals surface area (Å²) in [6.07, 6.45) is 2.39. The van der Waals surface area contributed by atoms with Crippen LogP contribution in [0.4, 0.5) is 5.69 Å². The summed E-state index contributed by atoms with van der Waals surface area (Å²) in [6, 6.07) is 6.50. The Morgan fingerprint density at radius 1 is 1.46 bits per heavy atom. The van der Waals surface area contributed by atoms with Gasteiger partial charge in [-0.3, -0.25) is 0 Å². The van der Waals surface area contributed by atoms with Crippen LogP contribution >= 0.6 is 0 Å². The van der Waals surface area contributed by atoms with Gasteiger partial charge in [0.1, 0.15) is 0 Å². The quantitative estimate of drug-likeness (QED) is 0.687. The summed E-state index contributed by atoms with van der Waals surface area (Å²) in [7, 11) is 0. The molecule has 1 aliphatic rings. The van der Waals surface area contributed by atoms with Gasteiger partial charge in [0.2, 0.25) is 0 Å². The van der Waals surface area contributed by atoms with Crippen molar-refractivity contribution in [3.63, 3.8) is 0 Å². The Hall–Kier alpha value is -1.02. The first-order valence-electron chi connectivity index (χ1n) is 4.90. The van der Waals surface area contributed by atoms with Gasteiger partial charge in [-0.25, -0.2) is 0 Å². The minimum Gasteiger partial charge on any atom is -0.385 e. The zero-order valence-electron chi connectivity index (χ0n) is 8.01. The Morgan fingerprint density at radius 2 is 2.31 bits per heavy atom. The molecule has 1 heterocycles. The summed E-state index contributed by atoms with van der Waals surface area (Å²) >= 11 is 0. The fourth-order valence-corrected chi connectivity index (χ4v) is 1.96. The minimum atomic E-state index is 0.148. The van der Waals surface area contributed by atoms with Gasteiger partial charge in [-0.1, -0.05) is 12.1 Å². The van der Waals surface area contributed by atoms with Crippen LogP contribution in [0, 0.1) is 0 Å². The number of anilines is 1. The van der Waals surface area contributed by atoms with Crippen molar-refractivity contribution >= 4 is 5.69 Å². The molecule has 0 amide bonds. The molecule has 0 radical (unpaired) electrons. The van der Waals surface area contributed by atoms with Crippen molar-refractivity contribution in [2.24, 2.45) is 5.73 Å². The lowest BCUT2D eigenvalue weighted by Gasteiger charge is -2.22. The molecule has 1 aliphatic heterocycles. The summed E-state index contributed by atoms with van der Waals surface area (Å²) in [6.45, 7) is 3.14. The van der Waals surface area contributed by atoms with E-state index < -0.39 is 0 Å². The molecule has 1 aromatic carbocycles. The fourth-order valence-electron chi connectivity index (χ4n) is 1.96. The van der Waals surface area contributed by atoms with E-state index in [9.17, 15) is 0 Å². The number of fused-ring (bicyclic) bond motifs is 1. The molecular weight excluding hydrogens is 160 g/mol. The minimum absolute atomic E-state index is 0.148. The molecule has 3 N–H and O–H groups in total. The predicted octanol–water partition coefficient (Wildman–Crippen LogP) is 2.06. The first kappa shape index (κ1) is 8.57. The summed E-state index contributed by atoms with van der Waals surface area (Å²) in [5.74, 6) is 0. The largest absolute Gasteiger partial charge is 0.385 e. The Bertz CT molecular complexity index is 305. The highest BCUT2D eigenvalue weighted by molar-refractivity contribution is 5.56. The van der Waals surface area contributed by atoms with Crippen molar-refractivity contribution in [2.45, 2.75) is 25.8 Å². The Balaban J connectivity index is 2.46. The van der Waals surface area contributed by atoms with Crippen molar-refractivity contribution in [2.75, 3.05) is 11.9 Å². The normalized spacial score (nSPS) is 17.4. The van der Waals surface area contributed by atoms with Crippen molar-refractivity contribution in [1.29, 1.82) is 0 Å². The van der Waals surface area contributed by atoms with Gasteiger partial charge in [0.15, 0.2) is 0 Å². The van der Waals surface area contributed by atoms with Crippen molar-refractivity contribution in [1.82, 2.24) is 0 Å². The maximum atomic E-state index is 5.91. The van der Waals surface area contributed by atoms with Gasteiger partial charge in [0.05, 0.1) is 0 Å². The molecule has 0 saturated heterocycles. The molecule has 0 bridgehead atoms. The highest BCUT2D eigenvalue weighted by atomic mass is 14.9. The average Bonchev–Trinajstić information content (AvgIpc) is 2.17. The summed E-state index contributed by atoms with van der Waals surface area (Å²) in [5.41, 5.74) is 9.90. The van der Waals surface area contributed by atoms with E-state index in [1.807, 2.05) is 6.92 Å². The average molecular weight is 176 g/mol. The number of rotatable bonds is 1. The maximum absolute atomic E-state index is 5.91. The molecule has 0 fully saturated rings. The summed E-state index contributed by atoms with van der Waals surface area (Å²) in [4.78, 5) is 0. The van der Waals surface area contributed by atoms with E-state index in [4.69, 9.17) is 5.73 Å². The van der Waals surface area contributed by atoms with Crippen LogP contribution in [0.3, 0.4) is 0 Å². The monoisotopic (exact) mass is 176 g/mol. The van der Waals surface area contributed by atoms with E-state index in [-0.39, 0.29) is 6.04 Å². The second-order valence-electron chi connectivity index (χ2n) is 3.69. The first-order valence-corrected chi connectivity index (χ1v) is 4.90. The number of hydrogen-bond acceptors (Lipinski definition) is 2. The van der Waals surface area contributed by atoms with Gasteiger partial charge in [0, 0.05) is 18.3 Å². The van der Waals surface area contributed by atoms with E-state index in [2.05, 4.69) is 23.5 Å². The lowest BCUT2D eigenvalue weighted by molar-refractivity contribution is 0.763. The smallest absolute Gasteiger partial charge is 0.0376 e. The number of nitrogens with two attached hydrogens (primary N) is 1. The lowest BCUT2D eigenvalue weighted by atomic mass is 9.94. The van der Waals surface area contributed by atoms with E-state index in [1.54, 1.807) is 0 Å². The number of nitrogens with one attached hydrogen (secondary N) is 1. The maximum Gasteiger partial charge on any atom is 0.0376 e. The molecule has 2 heteroatoms. The van der Waals surface area contributed by atoms with Gasteiger partial charge in [-0.15, -0.1) is 0 Å². The van der Waals surface area contributed by atoms with Crippen molar-refractivity contribution in [3.8, 4) is 0 Å². The van der Waals surface area contributed by atoms with Crippen LogP contribution in [0.1, 0.15) is 30.5 Å². The van der Waals surface area contributed by atoms with E-state index in [1.165, 1.54) is 29.7 Å². The molecule has 0 unspecified atom stereocenters. The molecule has 0 spiro atoms. The zero-order chi connectivity index (χ0) is 9.26. The van der Waals surface area contributed by atoms with Crippen LogP contribution in [0.5, 0.6) is 0 Å². The Morgan fingerprint density at radius 3 is 3.08 bits per heavy atom. The zero-order valence-corrected chi connectivity index (χ0v) is 8.01. The third-order valence-electron chi connectivity index (χ3n) is 2.62. The summed E-state index contributed by atoms with van der Waals surface area (Å²) < 4.78 is 0. The third-order valence-corrected chi connectivity index (χ3v) is 2.62. The van der Waals surface area contributed by atoms with Crippen molar-refractivity contribution < 1.29 is 0 Å². The fraction of sp³-hybridized carbons (Fsp3) is 0.455. The second kappa shape index (κ2) is 3.38. The Labute approximate surface area is 79.1 Å². The number of hydrogen-bond donors (Lipinski definition) is 2. The van der Waals surface area contributed by atoms with Gasteiger partial charge in [-0.2, -0.15) is 0 Å². The van der Waals surface area contributed by atoms with Crippen LogP contribution < -0.4 is 11.1 Å². The molecule has 0 saturated carbocycles. The van der Waals surface area contributed by atoms with Gasteiger partial charge in [-0.05, 0) is 37.0 Å². The molecule has 13 heavy (non-hydrogen) atoms. The van der Waals surface area contributed by atoms with E-state index in [0.29, 0.717) is 0 Å². The highest BCUT2D eigenvalue weighted by Gasteiger charge is 2.13. The van der Waals surface area contributed by atoms with Gasteiger partial charge in [0.25, 0.3) is 0 Å². The molecule has 70 valence electrons. The van der Waals surface area contributed by atoms with E-state index in [0.717, 1.165) is 6.54 Å². The van der Waals surface area contributed by atoms with Gasteiger partial charge < -0.3 is 11.1 Å². The van der Waals surface area contributed by atoms with Crippen LogP contribution in [0.2, 0.25) is 0 Å². The molecule has 2 rings (SSSR count). The second-order valence-corrected chi connectivity index (χ2v) is 3.69. The molecule has 1 aromatic rings. The lowest BCUT2D eigenvalue weighted by Crippen LogP contribution is -2.16. The molecule has 2 nitrogen and oxygen atoms in total. The molecule has 1 atom stereocenters. The SMILES string of the molecule is C[C@H](N)c1cccc2c1CCCN2. The van der Waals surface area contributed by atoms with Crippen molar-refractivity contribution in [3.05, 3.63) is 29.3 Å². The molecular formula is C11H16N2.